The Morgan fingerprint density at radius 2 is 1.93 bits per heavy atom. The first kappa shape index (κ1) is 11.2. The van der Waals surface area contributed by atoms with E-state index >= 15 is 0 Å². The summed E-state index contributed by atoms with van der Waals surface area (Å²) in [6, 6.07) is 5.71. The third-order valence-corrected chi connectivity index (χ3v) is 2.35. The number of nitrogens with two attached hydrogens (primary N) is 1. The van der Waals surface area contributed by atoms with E-state index in [0.29, 0.717) is 0 Å². The Morgan fingerprint density at radius 3 is 2.43 bits per heavy atom. The van der Waals surface area contributed by atoms with Crippen LogP contribution in [-0.4, -0.2) is 22.9 Å². The maximum atomic E-state index is 9.73. The number of aliphatic hydroxyl groups excluding tert-OH is 2. The second-order valence-corrected chi connectivity index (χ2v) is 3.61. The van der Waals surface area contributed by atoms with Crippen LogP contribution in [0, 0.1) is 13.8 Å². The predicted molar refractivity (Wildman–Crippen MR) is 55.9 cm³/mol. The highest BCUT2D eigenvalue weighted by Gasteiger charge is 2.18. The van der Waals surface area contributed by atoms with E-state index in [1.807, 2.05) is 32.0 Å². The summed E-state index contributed by atoms with van der Waals surface area (Å²) in [4.78, 5) is 0. The summed E-state index contributed by atoms with van der Waals surface area (Å²) in [5, 5.41) is 19.1. The van der Waals surface area contributed by atoms with E-state index in [1.165, 1.54) is 0 Å². The van der Waals surface area contributed by atoms with Gasteiger partial charge in [0.05, 0.1) is 6.10 Å². The minimum atomic E-state index is -0.892. The van der Waals surface area contributed by atoms with Gasteiger partial charge < -0.3 is 15.9 Å². The lowest BCUT2D eigenvalue weighted by molar-refractivity contribution is 0.0239. The maximum Gasteiger partial charge on any atom is 0.106 e. The average molecular weight is 195 g/mol. The maximum absolute atomic E-state index is 9.73. The van der Waals surface area contributed by atoms with E-state index in [-0.39, 0.29) is 6.54 Å². The minimum Gasteiger partial charge on any atom is -0.389 e. The molecule has 0 saturated carbocycles. The molecule has 0 fully saturated rings. The smallest absolute Gasteiger partial charge is 0.106 e. The Kier molecular flexibility index (Phi) is 3.63. The SMILES string of the molecule is Cc1ccc(C(O)C(O)CN)c(C)c1. The molecule has 0 aromatic heterocycles. The molecule has 0 amide bonds. The second kappa shape index (κ2) is 4.55. The van der Waals surface area contributed by atoms with Gasteiger partial charge in [-0.05, 0) is 25.0 Å². The molecule has 0 aliphatic rings. The molecule has 2 unspecified atom stereocenters. The molecule has 0 aliphatic heterocycles. The van der Waals surface area contributed by atoms with Crippen molar-refractivity contribution in [1.29, 1.82) is 0 Å². The van der Waals surface area contributed by atoms with Crippen LogP contribution in [0.3, 0.4) is 0 Å². The zero-order valence-corrected chi connectivity index (χ0v) is 8.57. The zero-order valence-electron chi connectivity index (χ0n) is 8.57. The van der Waals surface area contributed by atoms with Gasteiger partial charge in [-0.1, -0.05) is 23.8 Å². The molecule has 14 heavy (non-hydrogen) atoms. The normalized spacial score (nSPS) is 15.2. The molecule has 2 atom stereocenters. The van der Waals surface area contributed by atoms with Crippen molar-refractivity contribution in [3.63, 3.8) is 0 Å². The van der Waals surface area contributed by atoms with Crippen molar-refractivity contribution >= 4 is 0 Å². The van der Waals surface area contributed by atoms with Gasteiger partial charge >= 0.3 is 0 Å². The Morgan fingerprint density at radius 1 is 1.29 bits per heavy atom. The molecule has 4 N–H and O–H groups in total. The Labute approximate surface area is 84.2 Å². The molecule has 0 saturated heterocycles. The fourth-order valence-corrected chi connectivity index (χ4v) is 1.49. The summed E-state index contributed by atoms with van der Waals surface area (Å²) in [6.07, 6.45) is -1.78. The number of aryl methyl sites for hydroxylation is 2. The van der Waals surface area contributed by atoms with Crippen LogP contribution in [0.4, 0.5) is 0 Å². The second-order valence-electron chi connectivity index (χ2n) is 3.61. The van der Waals surface area contributed by atoms with Crippen molar-refractivity contribution < 1.29 is 10.2 Å². The van der Waals surface area contributed by atoms with Gasteiger partial charge in [0, 0.05) is 6.54 Å². The van der Waals surface area contributed by atoms with Crippen molar-refractivity contribution in [3.8, 4) is 0 Å². The van der Waals surface area contributed by atoms with Crippen LogP contribution in [0.2, 0.25) is 0 Å². The summed E-state index contributed by atoms with van der Waals surface area (Å²) in [6.45, 7) is 3.96. The van der Waals surface area contributed by atoms with E-state index in [9.17, 15) is 10.2 Å². The molecule has 0 bridgehead atoms. The molecule has 1 aromatic rings. The number of benzene rings is 1. The Bertz CT molecular complexity index is 312. The molecule has 1 rings (SSSR count). The first-order valence-corrected chi connectivity index (χ1v) is 4.69. The van der Waals surface area contributed by atoms with Crippen LogP contribution < -0.4 is 5.73 Å². The molecular formula is C11H17NO2. The van der Waals surface area contributed by atoms with E-state index in [0.717, 1.165) is 16.7 Å². The van der Waals surface area contributed by atoms with Crippen molar-refractivity contribution in [1.82, 2.24) is 0 Å². The van der Waals surface area contributed by atoms with Crippen molar-refractivity contribution in [2.24, 2.45) is 5.73 Å². The largest absolute Gasteiger partial charge is 0.389 e. The van der Waals surface area contributed by atoms with Gasteiger partial charge in [-0.25, -0.2) is 0 Å². The molecule has 0 radical (unpaired) electrons. The Hall–Kier alpha value is -0.900. The fourth-order valence-electron chi connectivity index (χ4n) is 1.49. The summed E-state index contributed by atoms with van der Waals surface area (Å²) >= 11 is 0. The summed E-state index contributed by atoms with van der Waals surface area (Å²) in [7, 11) is 0. The summed E-state index contributed by atoms with van der Waals surface area (Å²) in [5.74, 6) is 0. The fraction of sp³-hybridized carbons (Fsp3) is 0.455. The summed E-state index contributed by atoms with van der Waals surface area (Å²) < 4.78 is 0. The van der Waals surface area contributed by atoms with Crippen LogP contribution in [0.15, 0.2) is 18.2 Å². The van der Waals surface area contributed by atoms with E-state index in [2.05, 4.69) is 0 Å². The van der Waals surface area contributed by atoms with Crippen LogP contribution >= 0.6 is 0 Å². The lowest BCUT2D eigenvalue weighted by Crippen LogP contribution is -2.27. The monoisotopic (exact) mass is 195 g/mol. The first-order valence-electron chi connectivity index (χ1n) is 4.69. The Balaban J connectivity index is 2.95. The van der Waals surface area contributed by atoms with Crippen LogP contribution in [0.5, 0.6) is 0 Å². The van der Waals surface area contributed by atoms with Gasteiger partial charge in [0.2, 0.25) is 0 Å². The molecular weight excluding hydrogens is 178 g/mol. The molecule has 0 heterocycles. The topological polar surface area (TPSA) is 66.5 Å². The molecule has 3 heteroatoms. The highest BCUT2D eigenvalue weighted by molar-refractivity contribution is 5.32. The highest BCUT2D eigenvalue weighted by Crippen LogP contribution is 2.21. The quantitative estimate of drug-likeness (QED) is 0.663. The van der Waals surface area contributed by atoms with Crippen molar-refractivity contribution in [2.45, 2.75) is 26.1 Å². The van der Waals surface area contributed by atoms with E-state index < -0.39 is 12.2 Å². The predicted octanol–water partition coefficient (Wildman–Crippen LogP) is 0.656. The number of hydrogen-bond acceptors (Lipinski definition) is 3. The first-order chi connectivity index (χ1) is 6.56. The molecule has 3 nitrogen and oxygen atoms in total. The van der Waals surface area contributed by atoms with Gasteiger partial charge in [0.1, 0.15) is 6.10 Å². The molecule has 0 aliphatic carbocycles. The van der Waals surface area contributed by atoms with E-state index in [4.69, 9.17) is 5.73 Å². The average Bonchev–Trinajstić information content (AvgIpc) is 2.15. The third kappa shape index (κ3) is 2.32. The lowest BCUT2D eigenvalue weighted by Gasteiger charge is -2.18. The zero-order chi connectivity index (χ0) is 10.7. The number of aliphatic hydroxyl groups is 2. The number of rotatable bonds is 3. The van der Waals surface area contributed by atoms with E-state index in [1.54, 1.807) is 0 Å². The van der Waals surface area contributed by atoms with Gasteiger partial charge in [-0.15, -0.1) is 0 Å². The van der Waals surface area contributed by atoms with Crippen LogP contribution in [0.1, 0.15) is 22.8 Å². The molecule has 78 valence electrons. The molecule has 1 aromatic carbocycles. The standard InChI is InChI=1S/C11H17NO2/c1-7-3-4-9(8(2)5-7)11(14)10(13)6-12/h3-5,10-11,13-14H,6,12H2,1-2H3. The van der Waals surface area contributed by atoms with Gasteiger partial charge in [-0.3, -0.25) is 0 Å². The van der Waals surface area contributed by atoms with Gasteiger partial charge in [0.25, 0.3) is 0 Å². The van der Waals surface area contributed by atoms with Crippen LogP contribution in [-0.2, 0) is 0 Å². The van der Waals surface area contributed by atoms with Gasteiger partial charge in [-0.2, -0.15) is 0 Å². The van der Waals surface area contributed by atoms with Crippen molar-refractivity contribution in [2.75, 3.05) is 6.54 Å². The van der Waals surface area contributed by atoms with Crippen molar-refractivity contribution in [3.05, 3.63) is 34.9 Å². The third-order valence-electron chi connectivity index (χ3n) is 2.35. The lowest BCUT2D eigenvalue weighted by atomic mass is 9.98. The number of hydrogen-bond donors (Lipinski definition) is 3. The summed E-state index contributed by atoms with van der Waals surface area (Å²) in [5.41, 5.74) is 8.14. The minimum absolute atomic E-state index is 0.0640. The van der Waals surface area contributed by atoms with Gasteiger partial charge in [0.15, 0.2) is 0 Å². The van der Waals surface area contributed by atoms with Crippen LogP contribution in [0.25, 0.3) is 0 Å². The molecule has 0 spiro atoms. The highest BCUT2D eigenvalue weighted by atomic mass is 16.3.